The van der Waals surface area contributed by atoms with E-state index in [4.69, 9.17) is 4.74 Å². The number of carbonyl (C=O) groups is 2. The van der Waals surface area contributed by atoms with Crippen molar-refractivity contribution in [3.05, 3.63) is 29.8 Å². The minimum atomic E-state index is -0.0127. The van der Waals surface area contributed by atoms with Gasteiger partial charge in [0.2, 0.25) is 5.91 Å². The smallest absolute Gasteiger partial charge is 0.317 e. The Balaban J connectivity index is 1.18. The Labute approximate surface area is 160 Å². The van der Waals surface area contributed by atoms with E-state index in [1.54, 1.807) is 0 Å². The van der Waals surface area contributed by atoms with Gasteiger partial charge in [-0.15, -0.1) is 0 Å². The van der Waals surface area contributed by atoms with E-state index in [1.807, 2.05) is 28.0 Å². The minimum Gasteiger partial charge on any atom is -0.490 e. The van der Waals surface area contributed by atoms with Gasteiger partial charge in [0.1, 0.15) is 11.9 Å². The van der Waals surface area contributed by atoms with E-state index in [-0.39, 0.29) is 24.0 Å². The summed E-state index contributed by atoms with van der Waals surface area (Å²) in [6, 6.07) is 8.56. The third-order valence-electron chi connectivity index (χ3n) is 5.79. The number of piperidine rings is 1. The van der Waals surface area contributed by atoms with Crippen LogP contribution in [-0.2, 0) is 4.79 Å². The van der Waals surface area contributed by atoms with Crippen molar-refractivity contribution in [2.75, 3.05) is 26.2 Å². The van der Waals surface area contributed by atoms with Crippen molar-refractivity contribution < 1.29 is 14.3 Å². The number of likely N-dealkylation sites (tertiary alicyclic amines) is 2. The maximum atomic E-state index is 12.4. The molecule has 1 aromatic carbocycles. The Morgan fingerprint density at radius 3 is 2.70 bits per heavy atom. The van der Waals surface area contributed by atoms with Gasteiger partial charge in [-0.1, -0.05) is 12.1 Å². The molecule has 0 unspecified atom stereocenters. The van der Waals surface area contributed by atoms with Crippen molar-refractivity contribution in [3.63, 3.8) is 0 Å². The molecule has 2 aliphatic heterocycles. The lowest BCUT2D eigenvalue weighted by molar-refractivity contribution is -0.128. The molecule has 0 radical (unpaired) electrons. The zero-order chi connectivity index (χ0) is 18.8. The zero-order valence-electron chi connectivity index (χ0n) is 16.0. The molecule has 2 heterocycles. The number of benzene rings is 1. The molecular formula is C21H29N3O3. The van der Waals surface area contributed by atoms with Gasteiger partial charge < -0.3 is 19.9 Å². The monoisotopic (exact) mass is 371 g/mol. The maximum Gasteiger partial charge on any atom is 0.317 e. The predicted octanol–water partition coefficient (Wildman–Crippen LogP) is 2.56. The van der Waals surface area contributed by atoms with Crippen LogP contribution < -0.4 is 10.1 Å². The summed E-state index contributed by atoms with van der Waals surface area (Å²) in [4.78, 5) is 28.3. The fraction of sp³-hybridized carbons (Fsp3) is 0.619. The lowest BCUT2D eigenvalue weighted by Gasteiger charge is -2.32. The molecule has 1 atom stereocenters. The highest BCUT2D eigenvalue weighted by molar-refractivity contribution is 5.79. The number of urea groups is 1. The van der Waals surface area contributed by atoms with Crippen LogP contribution in [0.3, 0.4) is 0 Å². The van der Waals surface area contributed by atoms with E-state index in [0.717, 1.165) is 38.0 Å². The van der Waals surface area contributed by atoms with Crippen LogP contribution in [-0.4, -0.2) is 60.1 Å². The number of hydrogen-bond acceptors (Lipinski definition) is 3. The molecule has 2 saturated heterocycles. The van der Waals surface area contributed by atoms with Crippen molar-refractivity contribution in [1.29, 1.82) is 0 Å². The summed E-state index contributed by atoms with van der Waals surface area (Å²) in [6.07, 6.45) is 4.71. The lowest BCUT2D eigenvalue weighted by Crippen LogP contribution is -2.47. The Kier molecular flexibility index (Phi) is 5.23. The number of carbonyl (C=O) groups excluding carboxylic acids is 2. The number of nitrogens with one attached hydrogen (secondary N) is 1. The number of aryl methyl sites for hydroxylation is 1. The molecule has 1 aliphatic carbocycles. The summed E-state index contributed by atoms with van der Waals surface area (Å²) >= 11 is 0. The standard InChI is InChI=1S/C21H29N3O3/c1-15-3-2-4-19(11-15)27-18-7-9-23(10-8-18)21(26)22-13-16-12-20(25)24(14-16)17-5-6-17/h2-4,11,16-18H,5-10,12-14H2,1H3,(H,22,26)/t16-/m0/s1. The molecule has 6 heteroatoms. The first kappa shape index (κ1) is 18.1. The molecule has 0 spiro atoms. The first-order chi connectivity index (χ1) is 13.1. The Hall–Kier alpha value is -2.24. The van der Waals surface area contributed by atoms with Crippen molar-refractivity contribution in [2.45, 2.75) is 51.2 Å². The summed E-state index contributed by atoms with van der Waals surface area (Å²) < 4.78 is 6.06. The third kappa shape index (κ3) is 4.54. The van der Waals surface area contributed by atoms with Crippen molar-refractivity contribution >= 4 is 11.9 Å². The van der Waals surface area contributed by atoms with Crippen LogP contribution in [0.25, 0.3) is 0 Å². The number of ether oxygens (including phenoxy) is 1. The number of amides is 3. The van der Waals surface area contributed by atoms with E-state index in [1.165, 1.54) is 5.56 Å². The predicted molar refractivity (Wildman–Crippen MR) is 103 cm³/mol. The number of nitrogens with zero attached hydrogens (tertiary/aromatic N) is 2. The molecule has 3 fully saturated rings. The zero-order valence-corrected chi connectivity index (χ0v) is 16.0. The second-order valence-electron chi connectivity index (χ2n) is 8.15. The van der Waals surface area contributed by atoms with Gasteiger partial charge in [-0.25, -0.2) is 4.79 Å². The van der Waals surface area contributed by atoms with Gasteiger partial charge >= 0.3 is 6.03 Å². The average Bonchev–Trinajstić information content (AvgIpc) is 3.43. The SMILES string of the molecule is Cc1cccc(OC2CCN(C(=O)NC[C@@H]3CC(=O)N(C4CC4)C3)CC2)c1. The fourth-order valence-electron chi connectivity index (χ4n) is 4.09. The largest absolute Gasteiger partial charge is 0.490 e. The first-order valence-corrected chi connectivity index (χ1v) is 10.1. The summed E-state index contributed by atoms with van der Waals surface area (Å²) in [7, 11) is 0. The van der Waals surface area contributed by atoms with Crippen LogP contribution in [0.15, 0.2) is 24.3 Å². The third-order valence-corrected chi connectivity index (χ3v) is 5.79. The Morgan fingerprint density at radius 2 is 2.00 bits per heavy atom. The molecule has 3 amide bonds. The fourth-order valence-corrected chi connectivity index (χ4v) is 4.09. The van der Waals surface area contributed by atoms with Crippen LogP contribution in [0.5, 0.6) is 5.75 Å². The van der Waals surface area contributed by atoms with Crippen molar-refractivity contribution in [1.82, 2.24) is 15.1 Å². The van der Waals surface area contributed by atoms with Gasteiger partial charge in [0.05, 0.1) is 0 Å². The topological polar surface area (TPSA) is 61.9 Å². The molecule has 146 valence electrons. The summed E-state index contributed by atoms with van der Waals surface area (Å²) in [5.74, 6) is 1.42. The quantitative estimate of drug-likeness (QED) is 0.865. The van der Waals surface area contributed by atoms with Crippen molar-refractivity contribution in [3.8, 4) is 5.75 Å². The number of rotatable bonds is 5. The van der Waals surface area contributed by atoms with Crippen molar-refractivity contribution in [2.24, 2.45) is 5.92 Å². The van der Waals surface area contributed by atoms with Crippen LogP contribution >= 0.6 is 0 Å². The minimum absolute atomic E-state index is 0.0127. The molecule has 6 nitrogen and oxygen atoms in total. The van der Waals surface area contributed by atoms with E-state index in [9.17, 15) is 9.59 Å². The molecule has 1 saturated carbocycles. The normalized spacial score (nSPS) is 23.6. The van der Waals surface area contributed by atoms with Gasteiger partial charge in [-0.3, -0.25) is 4.79 Å². The molecule has 3 aliphatic rings. The van der Waals surface area contributed by atoms with E-state index in [2.05, 4.69) is 18.3 Å². The second kappa shape index (κ2) is 7.79. The van der Waals surface area contributed by atoms with E-state index < -0.39 is 0 Å². The Morgan fingerprint density at radius 1 is 1.22 bits per heavy atom. The summed E-state index contributed by atoms with van der Waals surface area (Å²) in [6.45, 7) is 4.87. The maximum absolute atomic E-state index is 12.4. The molecular weight excluding hydrogens is 342 g/mol. The second-order valence-corrected chi connectivity index (χ2v) is 8.15. The lowest BCUT2D eigenvalue weighted by atomic mass is 10.1. The van der Waals surface area contributed by atoms with E-state index >= 15 is 0 Å². The molecule has 0 aromatic heterocycles. The van der Waals surface area contributed by atoms with E-state index in [0.29, 0.717) is 32.1 Å². The van der Waals surface area contributed by atoms with Crippen LogP contribution in [0.1, 0.15) is 37.7 Å². The highest BCUT2D eigenvalue weighted by Gasteiger charge is 2.39. The highest BCUT2D eigenvalue weighted by Crippen LogP contribution is 2.32. The summed E-state index contributed by atoms with van der Waals surface area (Å²) in [5.41, 5.74) is 1.19. The highest BCUT2D eigenvalue weighted by atomic mass is 16.5. The molecule has 4 rings (SSSR count). The molecule has 1 N–H and O–H groups in total. The summed E-state index contributed by atoms with van der Waals surface area (Å²) in [5, 5.41) is 3.03. The molecule has 1 aromatic rings. The van der Waals surface area contributed by atoms with Crippen LogP contribution in [0, 0.1) is 12.8 Å². The van der Waals surface area contributed by atoms with Gasteiger partial charge in [0.15, 0.2) is 0 Å². The van der Waals surface area contributed by atoms with Crippen LogP contribution in [0.2, 0.25) is 0 Å². The molecule has 27 heavy (non-hydrogen) atoms. The van der Waals surface area contributed by atoms with Crippen LogP contribution in [0.4, 0.5) is 4.79 Å². The van der Waals surface area contributed by atoms with Gasteiger partial charge in [-0.2, -0.15) is 0 Å². The van der Waals surface area contributed by atoms with Gasteiger partial charge in [0.25, 0.3) is 0 Å². The van der Waals surface area contributed by atoms with Gasteiger partial charge in [-0.05, 0) is 37.5 Å². The first-order valence-electron chi connectivity index (χ1n) is 10.1. The molecule has 0 bridgehead atoms. The number of hydrogen-bond donors (Lipinski definition) is 1. The Bertz CT molecular complexity index is 696. The average molecular weight is 371 g/mol. The van der Waals surface area contributed by atoms with Gasteiger partial charge in [0, 0.05) is 57.4 Å².